The first-order valence-electron chi connectivity index (χ1n) is 7.45. The van der Waals surface area contributed by atoms with Gasteiger partial charge in [0.15, 0.2) is 0 Å². The first-order valence-corrected chi connectivity index (χ1v) is 7.45. The second-order valence-corrected chi connectivity index (χ2v) is 6.39. The van der Waals surface area contributed by atoms with Crippen molar-refractivity contribution in [1.29, 1.82) is 0 Å². The van der Waals surface area contributed by atoms with Crippen LogP contribution in [-0.2, 0) is 9.47 Å². The Balaban J connectivity index is 2.65. The number of nitrogens with zero attached hydrogens (tertiary/aromatic N) is 1. The molecule has 0 saturated heterocycles. The van der Waals surface area contributed by atoms with Gasteiger partial charge in [0.1, 0.15) is 0 Å². The van der Waals surface area contributed by atoms with E-state index in [1.807, 2.05) is 6.92 Å². The van der Waals surface area contributed by atoms with Gasteiger partial charge in [0, 0.05) is 37.3 Å². The number of methoxy groups -OCH3 is 1. The fourth-order valence-electron chi connectivity index (χ4n) is 3.06. The van der Waals surface area contributed by atoms with Crippen LogP contribution in [0.3, 0.4) is 0 Å². The van der Waals surface area contributed by atoms with E-state index in [9.17, 15) is 0 Å². The molecule has 2 N–H and O–H groups in total. The Morgan fingerprint density at radius 2 is 2.00 bits per heavy atom. The molecule has 1 rings (SSSR count). The monoisotopic (exact) mass is 272 g/mol. The Morgan fingerprint density at radius 1 is 1.37 bits per heavy atom. The average Bonchev–Trinajstić information content (AvgIpc) is 2.36. The topological polar surface area (TPSA) is 47.7 Å². The first-order chi connectivity index (χ1) is 8.82. The highest BCUT2D eigenvalue weighted by Gasteiger charge is 2.58. The number of hydrogen-bond donors (Lipinski definition) is 1. The molecule has 0 amide bonds. The van der Waals surface area contributed by atoms with E-state index in [4.69, 9.17) is 15.2 Å². The van der Waals surface area contributed by atoms with Gasteiger partial charge in [-0.15, -0.1) is 0 Å². The molecule has 0 bridgehead atoms. The van der Waals surface area contributed by atoms with Crippen LogP contribution < -0.4 is 5.73 Å². The van der Waals surface area contributed by atoms with Gasteiger partial charge in [0.25, 0.3) is 0 Å². The molecule has 1 fully saturated rings. The maximum absolute atomic E-state index is 6.65. The van der Waals surface area contributed by atoms with Crippen LogP contribution in [0.1, 0.15) is 41.0 Å². The molecule has 114 valence electrons. The van der Waals surface area contributed by atoms with Gasteiger partial charge in [-0.1, -0.05) is 20.8 Å². The predicted octanol–water partition coefficient (Wildman–Crippen LogP) is 1.88. The molecular weight excluding hydrogens is 240 g/mol. The van der Waals surface area contributed by atoms with E-state index >= 15 is 0 Å². The fourth-order valence-corrected chi connectivity index (χ4v) is 3.06. The van der Waals surface area contributed by atoms with Crippen molar-refractivity contribution in [3.05, 3.63) is 0 Å². The Bertz CT molecular complexity index is 283. The van der Waals surface area contributed by atoms with Crippen LogP contribution in [0, 0.1) is 5.41 Å². The summed E-state index contributed by atoms with van der Waals surface area (Å²) in [6, 6.07) is 0.400. The zero-order valence-electron chi connectivity index (χ0n) is 13.5. The van der Waals surface area contributed by atoms with Crippen LogP contribution in [0.15, 0.2) is 0 Å². The van der Waals surface area contributed by atoms with Crippen molar-refractivity contribution in [2.45, 2.75) is 58.7 Å². The Hall–Kier alpha value is -0.160. The summed E-state index contributed by atoms with van der Waals surface area (Å²) in [5, 5.41) is 0. The first kappa shape index (κ1) is 16.9. The van der Waals surface area contributed by atoms with Gasteiger partial charge < -0.3 is 15.2 Å². The van der Waals surface area contributed by atoms with Gasteiger partial charge >= 0.3 is 0 Å². The third-order valence-corrected chi connectivity index (χ3v) is 4.93. The third-order valence-electron chi connectivity index (χ3n) is 4.93. The largest absolute Gasteiger partial charge is 0.383 e. The normalized spacial score (nSPS) is 31.3. The summed E-state index contributed by atoms with van der Waals surface area (Å²) >= 11 is 0. The minimum Gasteiger partial charge on any atom is -0.383 e. The molecule has 0 spiro atoms. The second-order valence-electron chi connectivity index (χ2n) is 6.39. The number of rotatable bonds is 8. The molecule has 0 aromatic rings. The van der Waals surface area contributed by atoms with Crippen molar-refractivity contribution >= 4 is 0 Å². The molecule has 0 radical (unpaired) electrons. The molecule has 0 aromatic carbocycles. The Kier molecular flexibility index (Phi) is 5.80. The molecule has 4 heteroatoms. The molecule has 0 aromatic heterocycles. The number of hydrogen-bond acceptors (Lipinski definition) is 4. The van der Waals surface area contributed by atoms with Gasteiger partial charge in [-0.25, -0.2) is 0 Å². The molecule has 1 aliphatic carbocycles. The highest BCUT2D eigenvalue weighted by Crippen LogP contribution is 2.50. The maximum atomic E-state index is 6.65. The molecule has 3 unspecified atom stereocenters. The smallest absolute Gasteiger partial charge is 0.0662 e. The van der Waals surface area contributed by atoms with Crippen LogP contribution in [0.25, 0.3) is 0 Å². The summed E-state index contributed by atoms with van der Waals surface area (Å²) in [5.74, 6) is 0. The molecule has 19 heavy (non-hydrogen) atoms. The lowest BCUT2D eigenvalue weighted by Gasteiger charge is -2.60. The predicted molar refractivity (Wildman–Crippen MR) is 79.3 cm³/mol. The van der Waals surface area contributed by atoms with Crippen molar-refractivity contribution in [2.75, 3.05) is 33.4 Å². The highest BCUT2D eigenvalue weighted by molar-refractivity contribution is 5.14. The molecule has 1 saturated carbocycles. The zero-order valence-corrected chi connectivity index (χ0v) is 13.5. The number of likely N-dealkylation sites (N-methyl/N-ethyl adjacent to an activating group) is 1. The van der Waals surface area contributed by atoms with Crippen LogP contribution >= 0.6 is 0 Å². The summed E-state index contributed by atoms with van der Waals surface area (Å²) in [6.45, 7) is 14.3. The van der Waals surface area contributed by atoms with Crippen molar-refractivity contribution in [3.8, 4) is 0 Å². The lowest BCUT2D eigenvalue weighted by molar-refractivity contribution is -0.158. The van der Waals surface area contributed by atoms with Gasteiger partial charge in [-0.2, -0.15) is 0 Å². The SMILES string of the molecule is CCOC1CC(N)(CN(CC)C(C)COC)C1(C)C. The lowest BCUT2D eigenvalue weighted by Crippen LogP contribution is -2.74. The molecule has 3 atom stereocenters. The molecule has 1 aliphatic rings. The maximum Gasteiger partial charge on any atom is 0.0662 e. The molecular formula is C15H32N2O2. The van der Waals surface area contributed by atoms with Crippen molar-refractivity contribution in [2.24, 2.45) is 11.1 Å². The number of nitrogens with two attached hydrogens (primary N) is 1. The van der Waals surface area contributed by atoms with E-state index in [0.29, 0.717) is 12.1 Å². The molecule has 4 nitrogen and oxygen atoms in total. The lowest BCUT2D eigenvalue weighted by atomic mass is 9.54. The van der Waals surface area contributed by atoms with Crippen molar-refractivity contribution < 1.29 is 9.47 Å². The highest BCUT2D eigenvalue weighted by atomic mass is 16.5. The minimum absolute atomic E-state index is 0.0310. The summed E-state index contributed by atoms with van der Waals surface area (Å²) in [6.07, 6.45) is 1.24. The molecule has 0 aliphatic heterocycles. The van der Waals surface area contributed by atoms with Crippen molar-refractivity contribution in [3.63, 3.8) is 0 Å². The van der Waals surface area contributed by atoms with E-state index < -0.39 is 0 Å². The summed E-state index contributed by atoms with van der Waals surface area (Å²) in [4.78, 5) is 2.41. The van der Waals surface area contributed by atoms with E-state index in [-0.39, 0.29) is 11.0 Å². The second kappa shape index (κ2) is 6.53. The standard InChI is InChI=1S/C15H32N2O2/c1-7-17(12(3)10-18-6)11-15(16)9-13(19-8-2)14(15,4)5/h12-13H,7-11,16H2,1-6H3. The van der Waals surface area contributed by atoms with Crippen molar-refractivity contribution in [1.82, 2.24) is 4.90 Å². The average molecular weight is 272 g/mol. The summed E-state index contributed by atoms with van der Waals surface area (Å²) < 4.78 is 11.0. The van der Waals surface area contributed by atoms with Crippen LogP contribution in [0.2, 0.25) is 0 Å². The number of ether oxygens (including phenoxy) is 2. The van der Waals surface area contributed by atoms with Crippen LogP contribution in [0.4, 0.5) is 0 Å². The summed E-state index contributed by atoms with van der Waals surface area (Å²) in [7, 11) is 1.75. The Labute approximate surface area is 118 Å². The van der Waals surface area contributed by atoms with Gasteiger partial charge in [0.2, 0.25) is 0 Å². The van der Waals surface area contributed by atoms with Gasteiger partial charge in [0.05, 0.1) is 12.7 Å². The van der Waals surface area contributed by atoms with E-state index in [1.165, 1.54) is 0 Å². The summed E-state index contributed by atoms with van der Waals surface area (Å²) in [5.41, 5.74) is 6.52. The fraction of sp³-hybridized carbons (Fsp3) is 1.00. The van der Waals surface area contributed by atoms with Gasteiger partial charge in [-0.3, -0.25) is 4.90 Å². The quantitative estimate of drug-likeness (QED) is 0.733. The zero-order chi connectivity index (χ0) is 14.7. The van der Waals surface area contributed by atoms with E-state index in [0.717, 1.165) is 32.7 Å². The third kappa shape index (κ3) is 3.30. The van der Waals surface area contributed by atoms with Gasteiger partial charge in [-0.05, 0) is 26.8 Å². The molecule has 0 heterocycles. The van der Waals surface area contributed by atoms with Crippen LogP contribution in [-0.4, -0.2) is 56.0 Å². The van der Waals surface area contributed by atoms with E-state index in [1.54, 1.807) is 7.11 Å². The minimum atomic E-state index is -0.162. The van der Waals surface area contributed by atoms with Crippen LogP contribution in [0.5, 0.6) is 0 Å². The van der Waals surface area contributed by atoms with E-state index in [2.05, 4.69) is 32.6 Å². The Morgan fingerprint density at radius 3 is 2.42 bits per heavy atom.